The molecule has 0 heterocycles. The van der Waals surface area contributed by atoms with E-state index in [1.807, 2.05) is 0 Å². The van der Waals surface area contributed by atoms with E-state index in [0.29, 0.717) is 111 Å². The first-order chi connectivity index (χ1) is 59.3. The quantitative estimate of drug-likeness (QED) is 0.0222. The van der Waals surface area contributed by atoms with Crippen molar-refractivity contribution in [3.8, 4) is 0 Å². The van der Waals surface area contributed by atoms with Crippen LogP contribution in [-0.4, -0.2) is 170 Å². The average Bonchev–Trinajstić information content (AvgIpc) is 0.832. The van der Waals surface area contributed by atoms with Crippen molar-refractivity contribution in [3.63, 3.8) is 0 Å². The number of carbonyl (C=O) groups excluding carboxylic acids is 7. The summed E-state index contributed by atoms with van der Waals surface area (Å²) in [7, 11) is 0. The summed E-state index contributed by atoms with van der Waals surface area (Å²) in [5.41, 5.74) is 0. The van der Waals surface area contributed by atoms with Crippen molar-refractivity contribution in [1.29, 1.82) is 0 Å². The zero-order valence-electron chi connectivity index (χ0n) is 80.2. The first-order valence-corrected chi connectivity index (χ1v) is 52.2. The van der Waals surface area contributed by atoms with Gasteiger partial charge in [-0.2, -0.15) is 0 Å². The fourth-order valence-electron chi connectivity index (χ4n) is 16.2. The second kappa shape index (κ2) is 93.3. The van der Waals surface area contributed by atoms with Crippen molar-refractivity contribution >= 4 is 47.6 Å². The largest absolute Gasteiger partial charge is 0.480 e. The highest BCUT2D eigenvalue weighted by molar-refractivity contribution is 5.83. The summed E-state index contributed by atoms with van der Waals surface area (Å²) in [6, 6.07) is -1.34. The zero-order valence-corrected chi connectivity index (χ0v) is 80.2. The maximum absolute atomic E-state index is 15.3. The number of carbonyl (C=O) groups is 8. The number of nitrogens with one attached hydrogen (secondary N) is 2. The zero-order chi connectivity index (χ0) is 88.3. The summed E-state index contributed by atoms with van der Waals surface area (Å²) in [4.78, 5) is 114. The fourth-order valence-corrected chi connectivity index (χ4v) is 16.2. The molecule has 0 aromatic heterocycles. The number of carboxylic acids is 1. The van der Waals surface area contributed by atoms with Crippen LogP contribution in [0.25, 0.3) is 0 Å². The summed E-state index contributed by atoms with van der Waals surface area (Å²) in [5, 5.41) is 20.7. The SMILES string of the molecule is CCCCCCCCCCCCNC(=O)CCN(CCC(=O)NCCCCCCCCCCCC)N(C(=O)CCCCCN(CCC(=O)OCCCCCCCCCCCC)CCC(=O)OCCCCCCCCCCCC)C(CCCCN(CCC(=O)OCCCCCCCCCCCC)CCC(=O)OCCCCCCCCCCCC)C(=O)O. The van der Waals surface area contributed by atoms with Gasteiger partial charge in [0, 0.05) is 71.6 Å². The number of ether oxygens (including phenoxy) is 4. The number of hydrazine groups is 1. The first-order valence-electron chi connectivity index (χ1n) is 52.2. The number of hydrogen-bond donors (Lipinski definition) is 3. The minimum absolute atomic E-state index is 0.00505. The van der Waals surface area contributed by atoms with Gasteiger partial charge in [0.25, 0.3) is 0 Å². The Bertz CT molecular complexity index is 2210. The summed E-state index contributed by atoms with van der Waals surface area (Å²) in [6.45, 7) is 18.5. The van der Waals surface area contributed by atoms with Gasteiger partial charge in [-0.1, -0.05) is 395 Å². The normalized spacial score (nSPS) is 11.8. The van der Waals surface area contributed by atoms with Crippen LogP contribution in [0.4, 0.5) is 0 Å². The molecule has 0 bridgehead atoms. The van der Waals surface area contributed by atoms with Crippen molar-refractivity contribution in [2.75, 3.05) is 91.9 Å². The van der Waals surface area contributed by atoms with Gasteiger partial charge in [0.05, 0.1) is 52.1 Å². The Labute approximate surface area is 744 Å². The lowest BCUT2D eigenvalue weighted by Gasteiger charge is -2.39. The van der Waals surface area contributed by atoms with Crippen LogP contribution < -0.4 is 10.6 Å². The molecule has 0 aromatic carbocycles. The monoisotopic (exact) mass is 1710 g/mol. The topological polar surface area (TPSA) is 231 Å². The van der Waals surface area contributed by atoms with Crippen LogP contribution >= 0.6 is 0 Å². The van der Waals surface area contributed by atoms with E-state index in [0.717, 1.165) is 116 Å². The molecule has 19 heteroatoms. The van der Waals surface area contributed by atoms with Crippen molar-refractivity contribution in [3.05, 3.63) is 0 Å². The Morgan fingerprint density at radius 3 is 0.711 bits per heavy atom. The Kier molecular flexibility index (Phi) is 89.9. The van der Waals surface area contributed by atoms with Gasteiger partial charge >= 0.3 is 29.8 Å². The molecule has 0 rings (SSSR count). The molecule has 0 aliphatic heterocycles. The average molecular weight is 1710 g/mol. The number of hydrogen-bond acceptors (Lipinski definition) is 15. The number of carboxylic acid groups (broad SMARTS) is 1. The molecule has 121 heavy (non-hydrogen) atoms. The van der Waals surface area contributed by atoms with Crippen LogP contribution in [0.1, 0.15) is 510 Å². The summed E-state index contributed by atoms with van der Waals surface area (Å²) in [6.07, 6.45) is 74.0. The van der Waals surface area contributed by atoms with E-state index >= 15 is 4.79 Å². The van der Waals surface area contributed by atoms with Gasteiger partial charge < -0.3 is 44.5 Å². The van der Waals surface area contributed by atoms with Crippen LogP contribution in [-0.2, 0) is 57.3 Å². The summed E-state index contributed by atoms with van der Waals surface area (Å²) < 4.78 is 23.0. The van der Waals surface area contributed by atoms with Gasteiger partial charge in [0.2, 0.25) is 17.7 Å². The molecule has 19 nitrogen and oxygen atoms in total. The highest BCUT2D eigenvalue weighted by atomic mass is 16.5. The van der Waals surface area contributed by atoms with Gasteiger partial charge in [-0.15, -0.1) is 0 Å². The van der Waals surface area contributed by atoms with E-state index in [4.69, 9.17) is 18.9 Å². The molecule has 3 N–H and O–H groups in total. The van der Waals surface area contributed by atoms with Crippen LogP contribution in [0, 0.1) is 0 Å². The maximum atomic E-state index is 15.3. The minimum Gasteiger partial charge on any atom is -0.480 e. The lowest BCUT2D eigenvalue weighted by atomic mass is 10.1. The molecule has 1 atom stereocenters. The van der Waals surface area contributed by atoms with Crippen molar-refractivity contribution in [2.24, 2.45) is 0 Å². The molecule has 3 amide bonds. The molecule has 0 radical (unpaired) electrons. The highest BCUT2D eigenvalue weighted by Crippen LogP contribution is 2.22. The van der Waals surface area contributed by atoms with Crippen molar-refractivity contribution in [1.82, 2.24) is 30.5 Å². The molecular weight excluding hydrogens is 1520 g/mol. The Balaban J connectivity index is 6.92. The van der Waals surface area contributed by atoms with Crippen LogP contribution in [0.3, 0.4) is 0 Å². The summed E-state index contributed by atoms with van der Waals surface area (Å²) in [5.74, 6) is -3.12. The highest BCUT2D eigenvalue weighted by Gasteiger charge is 2.35. The predicted molar refractivity (Wildman–Crippen MR) is 504 cm³/mol. The molecule has 712 valence electrons. The van der Waals surface area contributed by atoms with Gasteiger partial charge in [-0.05, 0) is 83.7 Å². The first kappa shape index (κ1) is 117. The molecule has 0 aromatic rings. The number of nitrogens with zero attached hydrogens (tertiary/aromatic N) is 4. The maximum Gasteiger partial charge on any atom is 0.328 e. The fraction of sp³-hybridized carbons (Fsp3) is 0.922. The lowest BCUT2D eigenvalue weighted by molar-refractivity contribution is -0.170. The Hall–Kier alpha value is -4.36. The standard InChI is InChI=1S/C102H196N6O13/c1-7-13-19-25-31-37-43-49-55-64-80-103-95(109)74-88-107(89-75-96(110)104-81-65-56-50-44-38-32-26-20-14-8-2)108(97(111)73-62-61-66-82-105(84-76-98(112)118-90-68-57-51-45-39-33-27-21-15-9-3)85-77-99(113)119-91-69-58-52-46-40-34-28-22-16-10-4)94(102(116)117)72-63-67-83-106(86-78-100(114)120-92-70-59-53-47-41-35-29-23-17-11-5)87-79-101(115)121-93-71-60-54-48-42-36-30-24-18-12-6/h94H,7-93H2,1-6H3,(H,103,109)(H,104,110)(H,116,117). The van der Waals surface area contributed by atoms with Crippen LogP contribution in [0.5, 0.6) is 0 Å². The molecule has 0 fully saturated rings. The van der Waals surface area contributed by atoms with E-state index in [-0.39, 0.29) is 100 Å². The molecule has 1 unspecified atom stereocenters. The Morgan fingerprint density at radius 1 is 0.240 bits per heavy atom. The van der Waals surface area contributed by atoms with E-state index in [2.05, 4.69) is 62.0 Å². The second-order valence-electron chi connectivity index (χ2n) is 35.7. The van der Waals surface area contributed by atoms with Crippen molar-refractivity contribution < 1.29 is 62.4 Å². The summed E-state index contributed by atoms with van der Waals surface area (Å²) >= 11 is 0. The van der Waals surface area contributed by atoms with Gasteiger partial charge in [-0.25, -0.2) is 9.80 Å². The van der Waals surface area contributed by atoms with Gasteiger partial charge in [0.1, 0.15) is 6.04 Å². The number of amides is 3. The van der Waals surface area contributed by atoms with E-state index < -0.39 is 17.9 Å². The molecule has 0 aliphatic rings. The third kappa shape index (κ3) is 82.4. The van der Waals surface area contributed by atoms with Gasteiger partial charge in [-0.3, -0.25) is 38.6 Å². The van der Waals surface area contributed by atoms with Gasteiger partial charge in [0.15, 0.2) is 0 Å². The molecular formula is C102H196N6O13. The lowest BCUT2D eigenvalue weighted by Crippen LogP contribution is -2.56. The van der Waals surface area contributed by atoms with Crippen LogP contribution in [0.2, 0.25) is 0 Å². The Morgan fingerprint density at radius 2 is 0.463 bits per heavy atom. The predicted octanol–water partition coefficient (Wildman–Crippen LogP) is 26.1. The third-order valence-corrected chi connectivity index (χ3v) is 24.2. The minimum atomic E-state index is -1.34. The number of aliphatic carboxylic acids is 1. The van der Waals surface area contributed by atoms with E-state index in [1.165, 1.54) is 275 Å². The molecule has 0 saturated carbocycles. The van der Waals surface area contributed by atoms with Crippen LogP contribution in [0.15, 0.2) is 0 Å². The van der Waals surface area contributed by atoms with Crippen molar-refractivity contribution in [2.45, 2.75) is 516 Å². The number of esters is 4. The molecule has 0 spiro atoms. The molecule has 0 aliphatic carbocycles. The molecule has 0 saturated heterocycles. The second-order valence-corrected chi connectivity index (χ2v) is 35.7. The smallest absolute Gasteiger partial charge is 0.328 e. The number of rotatable bonds is 98. The third-order valence-electron chi connectivity index (χ3n) is 24.2. The number of unbranched alkanes of at least 4 members (excludes halogenated alkanes) is 57. The van der Waals surface area contributed by atoms with E-state index in [1.54, 1.807) is 5.01 Å². The van der Waals surface area contributed by atoms with E-state index in [9.17, 15) is 38.7 Å².